The third kappa shape index (κ3) is 4.39. The topological polar surface area (TPSA) is 94.0 Å². The van der Waals surface area contributed by atoms with Gasteiger partial charge in [0.1, 0.15) is 17.1 Å². The van der Waals surface area contributed by atoms with Crippen LogP contribution in [0, 0.1) is 6.92 Å². The smallest absolute Gasteiger partial charge is 0.338 e. The summed E-state index contributed by atoms with van der Waals surface area (Å²) in [6.45, 7) is 1.82. The summed E-state index contributed by atoms with van der Waals surface area (Å²) in [6.07, 6.45) is 1.38. The molecule has 9 heteroatoms. The van der Waals surface area contributed by atoms with E-state index in [1.54, 1.807) is 30.3 Å². The highest BCUT2D eigenvalue weighted by molar-refractivity contribution is 9.11. The molecule has 7 nitrogen and oxygen atoms in total. The molecule has 0 saturated carbocycles. The molecule has 1 amide bonds. The summed E-state index contributed by atoms with van der Waals surface area (Å²) >= 11 is 6.82. The molecule has 1 N–H and O–H groups in total. The molecule has 0 fully saturated rings. The molecule has 0 aliphatic heterocycles. The Morgan fingerprint density at radius 2 is 1.91 bits per heavy atom. The lowest BCUT2D eigenvalue weighted by molar-refractivity contribution is 0.0600. The van der Waals surface area contributed by atoms with Crippen molar-refractivity contribution in [1.29, 1.82) is 0 Å². The maximum absolute atomic E-state index is 12.4. The van der Waals surface area contributed by atoms with Crippen molar-refractivity contribution >= 4 is 60.9 Å². The number of carbonyl (C=O) groups is 2. The van der Waals surface area contributed by atoms with Crippen LogP contribution in [0.15, 0.2) is 71.4 Å². The van der Waals surface area contributed by atoms with Crippen molar-refractivity contribution < 1.29 is 23.2 Å². The van der Waals surface area contributed by atoms with Crippen LogP contribution in [0.4, 0.5) is 0 Å². The van der Waals surface area contributed by atoms with Gasteiger partial charge in [-0.05, 0) is 64.8 Å². The number of ether oxygens (including phenoxy) is 1. The number of rotatable bonds is 5. The number of carbonyl (C=O) groups excluding carboxylic acids is 2. The standard InChI is InChI=1S/C23H16Br2N2O5/c1-12-16(4-3-5-17(12)23(29)30-2)19-7-6-15(31-19)11-26-27-22(28)20-9-13-8-14(24)10-18(25)21(13)32-20/h3-11H,1-2H3,(H,27,28)/b26-11-. The Morgan fingerprint density at radius 3 is 2.69 bits per heavy atom. The van der Waals surface area contributed by atoms with Crippen LogP contribution in [0.1, 0.15) is 32.2 Å². The summed E-state index contributed by atoms with van der Waals surface area (Å²) in [6, 6.07) is 14.1. The highest BCUT2D eigenvalue weighted by atomic mass is 79.9. The average Bonchev–Trinajstić information content (AvgIpc) is 3.41. The molecule has 4 aromatic rings. The number of methoxy groups -OCH3 is 1. The first-order chi connectivity index (χ1) is 15.4. The van der Waals surface area contributed by atoms with Gasteiger partial charge >= 0.3 is 11.9 Å². The van der Waals surface area contributed by atoms with Crippen LogP contribution in [0.5, 0.6) is 0 Å². The first-order valence-electron chi connectivity index (χ1n) is 9.37. The fourth-order valence-electron chi connectivity index (χ4n) is 3.20. The van der Waals surface area contributed by atoms with Crippen LogP contribution < -0.4 is 5.43 Å². The zero-order chi connectivity index (χ0) is 22.8. The largest absolute Gasteiger partial charge is 0.465 e. The van der Waals surface area contributed by atoms with Crippen molar-refractivity contribution in [2.75, 3.05) is 7.11 Å². The van der Waals surface area contributed by atoms with Gasteiger partial charge in [0.25, 0.3) is 0 Å². The second kappa shape index (κ2) is 9.13. The summed E-state index contributed by atoms with van der Waals surface area (Å²) in [5, 5.41) is 4.72. The summed E-state index contributed by atoms with van der Waals surface area (Å²) in [7, 11) is 1.34. The van der Waals surface area contributed by atoms with Crippen molar-refractivity contribution in [3.63, 3.8) is 0 Å². The summed E-state index contributed by atoms with van der Waals surface area (Å²) in [4.78, 5) is 24.3. The first-order valence-corrected chi connectivity index (χ1v) is 11.0. The van der Waals surface area contributed by atoms with Crippen molar-refractivity contribution in [1.82, 2.24) is 5.43 Å². The number of hydrogen-bond acceptors (Lipinski definition) is 6. The Labute approximate surface area is 199 Å². The molecule has 0 aliphatic carbocycles. The van der Waals surface area contributed by atoms with E-state index in [-0.39, 0.29) is 5.76 Å². The molecule has 0 saturated heterocycles. The lowest BCUT2D eigenvalue weighted by atomic mass is 10.0. The van der Waals surface area contributed by atoms with Crippen LogP contribution >= 0.6 is 31.9 Å². The van der Waals surface area contributed by atoms with E-state index in [9.17, 15) is 9.59 Å². The van der Waals surface area contributed by atoms with Gasteiger partial charge in [0.05, 0.1) is 23.4 Å². The van der Waals surface area contributed by atoms with Crippen molar-refractivity contribution in [3.05, 3.63) is 80.1 Å². The molecule has 0 aliphatic rings. The Hall–Kier alpha value is -3.17. The molecule has 32 heavy (non-hydrogen) atoms. The first kappa shape index (κ1) is 22.0. The maximum Gasteiger partial charge on any atom is 0.338 e. The van der Waals surface area contributed by atoms with Crippen LogP contribution in [0.2, 0.25) is 0 Å². The Morgan fingerprint density at radius 1 is 1.09 bits per heavy atom. The molecule has 0 bridgehead atoms. The van der Waals surface area contributed by atoms with Gasteiger partial charge in [0.2, 0.25) is 0 Å². The third-order valence-corrected chi connectivity index (χ3v) is 5.80. The van der Waals surface area contributed by atoms with E-state index in [2.05, 4.69) is 42.4 Å². The van der Waals surface area contributed by atoms with E-state index in [1.807, 2.05) is 25.1 Å². The highest BCUT2D eigenvalue weighted by Crippen LogP contribution is 2.31. The number of furan rings is 2. The molecule has 162 valence electrons. The number of hydrogen-bond donors (Lipinski definition) is 1. The Bertz CT molecular complexity index is 1370. The average molecular weight is 560 g/mol. The quantitative estimate of drug-likeness (QED) is 0.182. The second-order valence-electron chi connectivity index (χ2n) is 6.79. The molecule has 4 rings (SSSR count). The molecule has 0 unspecified atom stereocenters. The molecule has 2 aromatic heterocycles. The van der Waals surface area contributed by atoms with E-state index in [4.69, 9.17) is 13.6 Å². The van der Waals surface area contributed by atoms with Crippen LogP contribution in [-0.2, 0) is 4.74 Å². The van der Waals surface area contributed by atoms with Crippen LogP contribution in [0.25, 0.3) is 22.3 Å². The normalized spacial score (nSPS) is 11.2. The summed E-state index contributed by atoms with van der Waals surface area (Å²) in [5.74, 6) is 0.221. The van der Waals surface area contributed by atoms with Crippen molar-refractivity contribution in [3.8, 4) is 11.3 Å². The number of halogens is 2. The molecule has 0 spiro atoms. The number of amides is 1. The zero-order valence-electron chi connectivity index (χ0n) is 16.9. The molecular weight excluding hydrogens is 544 g/mol. The van der Waals surface area contributed by atoms with E-state index in [0.717, 1.165) is 25.5 Å². The van der Waals surface area contributed by atoms with Gasteiger partial charge in [0.15, 0.2) is 5.76 Å². The summed E-state index contributed by atoms with van der Waals surface area (Å²) < 4.78 is 17.8. The number of esters is 1. The minimum atomic E-state index is -0.492. The van der Waals surface area contributed by atoms with Gasteiger partial charge in [-0.3, -0.25) is 4.79 Å². The Kier molecular flexibility index (Phi) is 6.29. The Balaban J connectivity index is 1.49. The minimum absolute atomic E-state index is 0.131. The number of fused-ring (bicyclic) bond motifs is 1. The van der Waals surface area contributed by atoms with Crippen molar-refractivity contribution in [2.24, 2.45) is 5.10 Å². The number of benzene rings is 2. The predicted octanol–water partition coefficient (Wildman–Crippen LogP) is 6.08. The third-order valence-electron chi connectivity index (χ3n) is 4.75. The molecule has 2 heterocycles. The lowest BCUT2D eigenvalue weighted by Gasteiger charge is -2.07. The molecular formula is C23H16Br2N2O5. The van der Waals surface area contributed by atoms with Gasteiger partial charge in [-0.1, -0.05) is 28.1 Å². The second-order valence-corrected chi connectivity index (χ2v) is 8.56. The number of nitrogens with one attached hydrogen (secondary N) is 1. The number of hydrazone groups is 1. The van der Waals surface area contributed by atoms with Gasteiger partial charge in [-0.15, -0.1) is 0 Å². The monoisotopic (exact) mass is 558 g/mol. The summed E-state index contributed by atoms with van der Waals surface area (Å²) in [5.41, 5.74) is 4.96. The van der Waals surface area contributed by atoms with Gasteiger partial charge in [0, 0.05) is 15.4 Å². The molecule has 0 radical (unpaired) electrons. The molecule has 0 atom stereocenters. The molecule has 2 aromatic carbocycles. The van der Waals surface area contributed by atoms with Crippen molar-refractivity contribution in [2.45, 2.75) is 6.92 Å². The fraction of sp³-hybridized carbons (Fsp3) is 0.0870. The van der Waals surface area contributed by atoms with E-state index in [0.29, 0.717) is 22.7 Å². The predicted molar refractivity (Wildman–Crippen MR) is 127 cm³/mol. The lowest BCUT2D eigenvalue weighted by Crippen LogP contribution is -2.16. The maximum atomic E-state index is 12.4. The van der Waals surface area contributed by atoms with Crippen LogP contribution in [0.3, 0.4) is 0 Å². The van der Waals surface area contributed by atoms with E-state index < -0.39 is 11.9 Å². The highest BCUT2D eigenvalue weighted by Gasteiger charge is 2.16. The van der Waals surface area contributed by atoms with Gasteiger partial charge < -0.3 is 13.6 Å². The zero-order valence-corrected chi connectivity index (χ0v) is 20.1. The van der Waals surface area contributed by atoms with Gasteiger partial charge in [-0.2, -0.15) is 5.10 Å². The van der Waals surface area contributed by atoms with E-state index >= 15 is 0 Å². The minimum Gasteiger partial charge on any atom is -0.465 e. The van der Waals surface area contributed by atoms with Gasteiger partial charge in [-0.25, -0.2) is 10.2 Å². The number of nitrogens with zero attached hydrogens (tertiary/aromatic N) is 1. The fourth-order valence-corrected chi connectivity index (χ4v) is 4.54. The SMILES string of the molecule is COC(=O)c1cccc(-c2ccc(/C=N\NC(=O)c3cc4cc(Br)cc(Br)c4o3)o2)c1C. The van der Waals surface area contributed by atoms with Crippen LogP contribution in [-0.4, -0.2) is 25.2 Å². The van der Waals surface area contributed by atoms with E-state index in [1.165, 1.54) is 13.3 Å².